The predicted octanol–water partition coefficient (Wildman–Crippen LogP) is 2.12. The number of rotatable bonds is 4. The zero-order valence-electron chi connectivity index (χ0n) is 13.8. The number of carbonyl (C=O) groups is 1. The maximum Gasteiger partial charge on any atom is 0.410 e. The van der Waals surface area contributed by atoms with Gasteiger partial charge < -0.3 is 9.64 Å². The fraction of sp³-hybridized carbons (Fsp3) is 0.562. The largest absolute Gasteiger partial charge is 0.444 e. The highest BCUT2D eigenvalue weighted by Gasteiger charge is 2.31. The summed E-state index contributed by atoms with van der Waals surface area (Å²) in [6.07, 6.45) is 0.190. The average Bonchev–Trinajstić information content (AvgIpc) is 2.85. The van der Waals surface area contributed by atoms with Gasteiger partial charge in [-0.1, -0.05) is 30.3 Å². The molecule has 0 radical (unpaired) electrons. The molecule has 1 aliphatic rings. The van der Waals surface area contributed by atoms with Gasteiger partial charge in [-0.15, -0.1) is 0 Å². The van der Waals surface area contributed by atoms with Crippen molar-refractivity contribution in [1.29, 1.82) is 0 Å². The number of likely N-dealkylation sites (tertiary alicyclic amines) is 1. The first kappa shape index (κ1) is 17.7. The van der Waals surface area contributed by atoms with E-state index in [1.54, 1.807) is 37.8 Å². The highest BCUT2D eigenvalue weighted by Crippen LogP contribution is 2.16. The van der Waals surface area contributed by atoms with E-state index < -0.39 is 21.7 Å². The summed E-state index contributed by atoms with van der Waals surface area (Å²) in [5, 5.41) is 0. The van der Waals surface area contributed by atoms with Crippen LogP contribution >= 0.6 is 0 Å². The van der Waals surface area contributed by atoms with Crippen LogP contribution in [0.3, 0.4) is 0 Å². The second-order valence-electron chi connectivity index (χ2n) is 6.77. The molecule has 1 N–H and O–H groups in total. The van der Waals surface area contributed by atoms with Crippen molar-refractivity contribution in [2.45, 2.75) is 44.6 Å². The maximum atomic E-state index is 12.2. The minimum absolute atomic E-state index is 0.0588. The standard InChI is InChI=1S/C16H24N2O4S/c1-16(2,3)22-15(19)18-10-9-14(11-18)17-23(20,21)12-13-7-5-4-6-8-13/h4-8,14,17H,9-12H2,1-3H3/t14-/m0/s1. The van der Waals surface area contributed by atoms with Gasteiger partial charge in [-0.25, -0.2) is 17.9 Å². The van der Waals surface area contributed by atoms with Crippen molar-refractivity contribution >= 4 is 16.1 Å². The van der Waals surface area contributed by atoms with Gasteiger partial charge in [0.05, 0.1) is 5.75 Å². The molecule has 23 heavy (non-hydrogen) atoms. The lowest BCUT2D eigenvalue weighted by atomic mass is 10.2. The fourth-order valence-electron chi connectivity index (χ4n) is 2.44. The number of nitrogens with zero attached hydrogens (tertiary/aromatic N) is 1. The number of ether oxygens (including phenoxy) is 1. The van der Waals surface area contributed by atoms with Crippen molar-refractivity contribution in [3.63, 3.8) is 0 Å². The summed E-state index contributed by atoms with van der Waals surface area (Å²) >= 11 is 0. The minimum Gasteiger partial charge on any atom is -0.444 e. The summed E-state index contributed by atoms with van der Waals surface area (Å²) in [5.74, 6) is -0.0588. The first-order valence-corrected chi connectivity index (χ1v) is 9.32. The van der Waals surface area contributed by atoms with Gasteiger partial charge in [0.15, 0.2) is 0 Å². The lowest BCUT2D eigenvalue weighted by molar-refractivity contribution is 0.0292. The first-order chi connectivity index (χ1) is 10.6. The van der Waals surface area contributed by atoms with Gasteiger partial charge in [-0.2, -0.15) is 0 Å². The number of nitrogens with one attached hydrogen (secondary N) is 1. The van der Waals surface area contributed by atoms with Gasteiger partial charge in [0.25, 0.3) is 0 Å². The molecular weight excluding hydrogens is 316 g/mol. The van der Waals surface area contributed by atoms with Crippen LogP contribution in [0.5, 0.6) is 0 Å². The van der Waals surface area contributed by atoms with Crippen LogP contribution in [0, 0.1) is 0 Å². The molecule has 1 atom stereocenters. The molecule has 0 aliphatic carbocycles. The molecule has 0 saturated carbocycles. The van der Waals surface area contributed by atoms with Crippen molar-refractivity contribution in [2.24, 2.45) is 0 Å². The summed E-state index contributed by atoms with van der Waals surface area (Å²) in [6, 6.07) is 8.76. The van der Waals surface area contributed by atoms with E-state index in [0.717, 1.165) is 5.56 Å². The molecule has 6 nitrogen and oxygen atoms in total. The van der Waals surface area contributed by atoms with Crippen LogP contribution in [0.25, 0.3) is 0 Å². The van der Waals surface area contributed by atoms with Crippen molar-refractivity contribution in [2.75, 3.05) is 13.1 Å². The normalized spacial score (nSPS) is 18.9. The average molecular weight is 340 g/mol. The topological polar surface area (TPSA) is 75.7 Å². The Morgan fingerprint density at radius 1 is 1.30 bits per heavy atom. The zero-order valence-corrected chi connectivity index (χ0v) is 14.6. The highest BCUT2D eigenvalue weighted by molar-refractivity contribution is 7.88. The van der Waals surface area contributed by atoms with Crippen LogP contribution in [0.1, 0.15) is 32.8 Å². The number of carbonyl (C=O) groups excluding carboxylic acids is 1. The number of benzene rings is 1. The molecule has 7 heteroatoms. The van der Waals surface area contributed by atoms with E-state index in [9.17, 15) is 13.2 Å². The molecule has 1 aromatic rings. The van der Waals surface area contributed by atoms with Crippen LogP contribution in [-0.2, 0) is 20.5 Å². The fourth-order valence-corrected chi connectivity index (χ4v) is 3.85. The molecule has 0 spiro atoms. The minimum atomic E-state index is -3.43. The zero-order chi connectivity index (χ0) is 17.1. The highest BCUT2D eigenvalue weighted by atomic mass is 32.2. The summed E-state index contributed by atoms with van der Waals surface area (Å²) < 4.78 is 32.4. The molecular formula is C16H24N2O4S. The summed E-state index contributed by atoms with van der Waals surface area (Å²) in [7, 11) is -3.43. The Morgan fingerprint density at radius 2 is 1.96 bits per heavy atom. The molecule has 1 fully saturated rings. The van der Waals surface area contributed by atoms with Crippen LogP contribution in [0.15, 0.2) is 30.3 Å². The molecule has 128 valence electrons. The second kappa shape index (κ2) is 6.88. The molecule has 1 saturated heterocycles. The molecule has 0 bridgehead atoms. The van der Waals surface area contributed by atoms with E-state index in [-0.39, 0.29) is 11.8 Å². The third-order valence-electron chi connectivity index (χ3n) is 3.39. The van der Waals surface area contributed by atoms with E-state index in [2.05, 4.69) is 4.72 Å². The van der Waals surface area contributed by atoms with Crippen LogP contribution in [0.4, 0.5) is 4.79 Å². The number of sulfonamides is 1. The maximum absolute atomic E-state index is 12.2. The Morgan fingerprint density at radius 3 is 2.57 bits per heavy atom. The third-order valence-corrected chi connectivity index (χ3v) is 4.79. The van der Waals surface area contributed by atoms with Crippen LogP contribution < -0.4 is 4.72 Å². The Labute approximate surface area is 137 Å². The Hall–Kier alpha value is -1.60. The van der Waals surface area contributed by atoms with Gasteiger partial charge >= 0.3 is 6.09 Å². The number of hydrogen-bond acceptors (Lipinski definition) is 4. The molecule has 0 unspecified atom stereocenters. The van der Waals surface area contributed by atoms with Gasteiger partial charge in [0.2, 0.25) is 10.0 Å². The molecule has 1 heterocycles. The molecule has 1 aliphatic heterocycles. The van der Waals surface area contributed by atoms with Gasteiger partial charge in [0, 0.05) is 19.1 Å². The molecule has 1 amide bonds. The summed E-state index contributed by atoms with van der Waals surface area (Å²) in [6.45, 7) is 6.25. The predicted molar refractivity (Wildman–Crippen MR) is 88.4 cm³/mol. The van der Waals surface area contributed by atoms with E-state index in [4.69, 9.17) is 4.74 Å². The Balaban J connectivity index is 1.88. The van der Waals surface area contributed by atoms with Gasteiger partial charge in [-0.3, -0.25) is 0 Å². The summed E-state index contributed by atoms with van der Waals surface area (Å²) in [4.78, 5) is 13.5. The van der Waals surface area contributed by atoms with E-state index >= 15 is 0 Å². The van der Waals surface area contributed by atoms with E-state index in [1.165, 1.54) is 0 Å². The summed E-state index contributed by atoms with van der Waals surface area (Å²) in [5.41, 5.74) is 0.184. The van der Waals surface area contributed by atoms with Gasteiger partial charge in [-0.05, 0) is 32.8 Å². The molecule has 0 aromatic heterocycles. The number of hydrogen-bond donors (Lipinski definition) is 1. The number of amides is 1. The molecule has 2 rings (SSSR count). The van der Waals surface area contributed by atoms with E-state index in [1.807, 2.05) is 18.2 Å². The lowest BCUT2D eigenvalue weighted by Gasteiger charge is -2.24. The first-order valence-electron chi connectivity index (χ1n) is 7.66. The lowest BCUT2D eigenvalue weighted by Crippen LogP contribution is -2.40. The van der Waals surface area contributed by atoms with Crippen molar-refractivity contribution < 1.29 is 17.9 Å². The van der Waals surface area contributed by atoms with Crippen LogP contribution in [0.2, 0.25) is 0 Å². The van der Waals surface area contributed by atoms with Gasteiger partial charge in [0.1, 0.15) is 5.60 Å². The van der Waals surface area contributed by atoms with Crippen molar-refractivity contribution in [3.8, 4) is 0 Å². The molecule has 1 aromatic carbocycles. The smallest absolute Gasteiger partial charge is 0.410 e. The van der Waals surface area contributed by atoms with Crippen molar-refractivity contribution in [1.82, 2.24) is 9.62 Å². The quantitative estimate of drug-likeness (QED) is 0.911. The SMILES string of the molecule is CC(C)(C)OC(=O)N1CC[C@H](NS(=O)(=O)Cc2ccccc2)C1. The Bertz CT molecular complexity index is 638. The van der Waals surface area contributed by atoms with Crippen LogP contribution in [-0.4, -0.2) is 44.1 Å². The monoisotopic (exact) mass is 340 g/mol. The van der Waals surface area contributed by atoms with E-state index in [0.29, 0.717) is 19.5 Å². The third kappa shape index (κ3) is 5.84. The second-order valence-corrected chi connectivity index (χ2v) is 8.53. The Kier molecular flexibility index (Phi) is 5.31. The van der Waals surface area contributed by atoms with Crippen molar-refractivity contribution in [3.05, 3.63) is 35.9 Å².